The van der Waals surface area contributed by atoms with Crippen molar-refractivity contribution >= 4 is 22.2 Å². The van der Waals surface area contributed by atoms with Gasteiger partial charge < -0.3 is 20.1 Å². The Morgan fingerprint density at radius 1 is 0.871 bits per heavy atom. The molecule has 31 heavy (non-hydrogen) atoms. The van der Waals surface area contributed by atoms with E-state index in [1.165, 1.54) is 16.4 Å². The van der Waals surface area contributed by atoms with E-state index in [9.17, 15) is 18.0 Å². The SMILES string of the molecule is Cc1ccc(S(=O)(=O)N2C[C@@H](NC(=O)OC(C)(C)C)[C@H](NC(=O)OC(C)(C)C)C2)cc1. The van der Waals surface area contributed by atoms with Gasteiger partial charge in [-0.25, -0.2) is 18.0 Å². The van der Waals surface area contributed by atoms with Crippen molar-refractivity contribution in [2.45, 2.75) is 76.6 Å². The van der Waals surface area contributed by atoms with Crippen LogP contribution in [-0.2, 0) is 19.5 Å². The number of hydrogen-bond acceptors (Lipinski definition) is 6. The van der Waals surface area contributed by atoms with Crippen LogP contribution in [0, 0.1) is 6.92 Å². The largest absolute Gasteiger partial charge is 0.444 e. The van der Waals surface area contributed by atoms with Crippen molar-refractivity contribution in [1.29, 1.82) is 0 Å². The highest BCUT2D eigenvalue weighted by atomic mass is 32.2. The number of sulfonamides is 1. The first-order chi connectivity index (χ1) is 14.1. The molecule has 1 aliphatic heterocycles. The summed E-state index contributed by atoms with van der Waals surface area (Å²) in [5, 5.41) is 5.36. The molecule has 1 aliphatic rings. The van der Waals surface area contributed by atoms with E-state index in [-0.39, 0.29) is 18.0 Å². The van der Waals surface area contributed by atoms with Crippen molar-refractivity contribution in [1.82, 2.24) is 14.9 Å². The lowest BCUT2D eigenvalue weighted by atomic mass is 10.1. The minimum Gasteiger partial charge on any atom is -0.444 e. The topological polar surface area (TPSA) is 114 Å². The number of hydrogen-bond donors (Lipinski definition) is 2. The molecule has 1 saturated heterocycles. The van der Waals surface area contributed by atoms with Crippen LogP contribution < -0.4 is 10.6 Å². The number of alkyl carbamates (subject to hydrolysis) is 2. The normalized spacial score (nSPS) is 20.2. The van der Waals surface area contributed by atoms with E-state index in [1.54, 1.807) is 53.7 Å². The van der Waals surface area contributed by atoms with E-state index in [0.29, 0.717) is 0 Å². The standard InChI is InChI=1S/C21H33N3O6S/c1-14-8-10-15(11-9-14)31(27,28)24-12-16(22-18(25)29-20(2,3)4)17(13-24)23-19(26)30-21(5,6)7/h8-11,16-17H,12-13H2,1-7H3,(H,22,25)(H,23,26)/t16-,17-/m1/s1. The van der Waals surface area contributed by atoms with Crippen LogP contribution in [0.15, 0.2) is 29.2 Å². The van der Waals surface area contributed by atoms with Gasteiger partial charge in [-0.15, -0.1) is 0 Å². The van der Waals surface area contributed by atoms with Crippen LogP contribution in [0.5, 0.6) is 0 Å². The lowest BCUT2D eigenvalue weighted by molar-refractivity contribution is 0.0447. The average Bonchev–Trinajstić information content (AvgIpc) is 2.94. The summed E-state index contributed by atoms with van der Waals surface area (Å²) in [6, 6.07) is 5.13. The molecule has 0 saturated carbocycles. The first kappa shape index (κ1) is 24.9. The van der Waals surface area contributed by atoms with Crippen molar-refractivity contribution in [2.24, 2.45) is 0 Å². The molecular weight excluding hydrogens is 422 g/mol. The van der Waals surface area contributed by atoms with Gasteiger partial charge >= 0.3 is 12.2 Å². The van der Waals surface area contributed by atoms with Gasteiger partial charge in [-0.1, -0.05) is 17.7 Å². The van der Waals surface area contributed by atoms with Crippen LogP contribution in [0.25, 0.3) is 0 Å². The molecule has 174 valence electrons. The number of benzene rings is 1. The number of amides is 2. The molecule has 0 aromatic heterocycles. The van der Waals surface area contributed by atoms with Gasteiger partial charge in [0.15, 0.2) is 0 Å². The second-order valence-corrected chi connectivity index (χ2v) is 11.6. The smallest absolute Gasteiger partial charge is 0.407 e. The Morgan fingerprint density at radius 3 is 1.61 bits per heavy atom. The lowest BCUT2D eigenvalue weighted by Gasteiger charge is -2.26. The number of nitrogens with one attached hydrogen (secondary N) is 2. The molecule has 1 heterocycles. The number of ether oxygens (including phenoxy) is 2. The molecule has 1 aromatic carbocycles. The van der Waals surface area contributed by atoms with E-state index in [2.05, 4.69) is 10.6 Å². The summed E-state index contributed by atoms with van der Waals surface area (Å²) in [5.74, 6) is 0. The van der Waals surface area contributed by atoms with Gasteiger partial charge in [-0.2, -0.15) is 4.31 Å². The zero-order chi connectivity index (χ0) is 23.6. The Kier molecular flexibility index (Phi) is 7.27. The van der Waals surface area contributed by atoms with Gasteiger partial charge in [0, 0.05) is 13.1 Å². The van der Waals surface area contributed by atoms with Gasteiger partial charge in [0.1, 0.15) is 11.2 Å². The van der Waals surface area contributed by atoms with Gasteiger partial charge in [-0.3, -0.25) is 0 Å². The van der Waals surface area contributed by atoms with Crippen molar-refractivity contribution in [2.75, 3.05) is 13.1 Å². The first-order valence-corrected chi connectivity index (χ1v) is 11.6. The maximum absolute atomic E-state index is 13.1. The van der Waals surface area contributed by atoms with Crippen LogP contribution >= 0.6 is 0 Å². The lowest BCUT2D eigenvalue weighted by Crippen LogP contribution is -2.52. The van der Waals surface area contributed by atoms with Crippen LogP contribution in [0.3, 0.4) is 0 Å². The fraction of sp³-hybridized carbons (Fsp3) is 0.619. The molecule has 2 amide bonds. The van der Waals surface area contributed by atoms with Crippen LogP contribution in [-0.4, -0.2) is 61.3 Å². The summed E-state index contributed by atoms with van der Waals surface area (Å²) >= 11 is 0. The number of carbonyl (C=O) groups excluding carboxylic acids is 2. The zero-order valence-corrected chi connectivity index (χ0v) is 20.0. The van der Waals surface area contributed by atoms with Crippen LogP contribution in [0.4, 0.5) is 9.59 Å². The quantitative estimate of drug-likeness (QED) is 0.722. The molecule has 9 nitrogen and oxygen atoms in total. The molecule has 0 bridgehead atoms. The second-order valence-electron chi connectivity index (χ2n) is 9.64. The number of nitrogens with zero attached hydrogens (tertiary/aromatic N) is 1. The minimum atomic E-state index is -3.81. The van der Waals surface area contributed by atoms with E-state index < -0.39 is 45.5 Å². The third kappa shape index (κ3) is 7.39. The number of rotatable bonds is 4. The van der Waals surface area contributed by atoms with Crippen molar-refractivity contribution in [3.05, 3.63) is 29.8 Å². The first-order valence-electron chi connectivity index (χ1n) is 10.1. The Hall–Kier alpha value is -2.33. The zero-order valence-electron chi connectivity index (χ0n) is 19.2. The van der Waals surface area contributed by atoms with Gasteiger partial charge in [0.25, 0.3) is 0 Å². The fourth-order valence-corrected chi connectivity index (χ4v) is 4.53. The summed E-state index contributed by atoms with van der Waals surface area (Å²) in [6.07, 6.45) is -1.38. The molecule has 1 aromatic rings. The van der Waals surface area contributed by atoms with Gasteiger partial charge in [-0.05, 0) is 60.6 Å². The summed E-state index contributed by atoms with van der Waals surface area (Å²) in [5.41, 5.74) is -0.496. The Balaban J connectivity index is 2.22. The van der Waals surface area contributed by atoms with Crippen LogP contribution in [0.1, 0.15) is 47.1 Å². The van der Waals surface area contributed by atoms with Crippen molar-refractivity contribution in [3.63, 3.8) is 0 Å². The molecule has 0 spiro atoms. The maximum atomic E-state index is 13.1. The van der Waals surface area contributed by atoms with E-state index in [0.717, 1.165) is 5.56 Å². The van der Waals surface area contributed by atoms with E-state index in [4.69, 9.17) is 9.47 Å². The molecule has 0 aliphatic carbocycles. The third-order valence-corrected chi connectivity index (χ3v) is 6.20. The predicted molar refractivity (Wildman–Crippen MR) is 116 cm³/mol. The van der Waals surface area contributed by atoms with E-state index in [1.807, 2.05) is 6.92 Å². The Labute approximate surface area is 184 Å². The number of carbonyl (C=O) groups is 2. The average molecular weight is 456 g/mol. The highest BCUT2D eigenvalue weighted by Gasteiger charge is 2.42. The van der Waals surface area contributed by atoms with E-state index >= 15 is 0 Å². The minimum absolute atomic E-state index is 0.0179. The Bertz CT molecular complexity index is 863. The van der Waals surface area contributed by atoms with Gasteiger partial charge in [0.2, 0.25) is 10.0 Å². The molecule has 2 N–H and O–H groups in total. The second kappa shape index (κ2) is 9.04. The molecule has 1 fully saturated rings. The highest BCUT2D eigenvalue weighted by molar-refractivity contribution is 7.89. The molecule has 0 unspecified atom stereocenters. The third-order valence-electron chi connectivity index (χ3n) is 4.35. The molecule has 10 heteroatoms. The maximum Gasteiger partial charge on any atom is 0.407 e. The summed E-state index contributed by atoms with van der Waals surface area (Å²) in [6.45, 7) is 12.2. The Morgan fingerprint density at radius 2 is 1.26 bits per heavy atom. The predicted octanol–water partition coefficient (Wildman–Crippen LogP) is 2.79. The molecular formula is C21H33N3O6S. The van der Waals surface area contributed by atoms with Crippen LogP contribution in [0.2, 0.25) is 0 Å². The van der Waals surface area contributed by atoms with Crippen molar-refractivity contribution in [3.8, 4) is 0 Å². The number of aryl methyl sites for hydroxylation is 1. The monoisotopic (exact) mass is 455 g/mol. The summed E-state index contributed by atoms with van der Waals surface area (Å²) in [7, 11) is -3.81. The highest BCUT2D eigenvalue weighted by Crippen LogP contribution is 2.23. The van der Waals surface area contributed by atoms with Crippen molar-refractivity contribution < 1.29 is 27.5 Å². The molecule has 2 atom stereocenters. The molecule has 0 radical (unpaired) electrons. The fourth-order valence-electron chi connectivity index (χ4n) is 3.03. The molecule has 2 rings (SSSR count). The summed E-state index contributed by atoms with van der Waals surface area (Å²) in [4.78, 5) is 24.7. The van der Waals surface area contributed by atoms with Gasteiger partial charge in [0.05, 0.1) is 17.0 Å². The summed E-state index contributed by atoms with van der Waals surface area (Å²) < 4.78 is 38.0.